The summed E-state index contributed by atoms with van der Waals surface area (Å²) in [6, 6.07) is 7.05. The average Bonchev–Trinajstić information content (AvgIpc) is 3.07. The maximum Gasteiger partial charge on any atom is 0.420 e. The molecule has 124 valence electrons. The minimum absolute atomic E-state index is 0.0972. The van der Waals surface area contributed by atoms with Crippen LogP contribution in [0.2, 0.25) is 0 Å². The number of likely N-dealkylation sites (N-methyl/N-ethyl adjacent to an activating group) is 1. The van der Waals surface area contributed by atoms with Crippen LogP contribution in [0.25, 0.3) is 11.1 Å². The van der Waals surface area contributed by atoms with Crippen LogP contribution in [0.5, 0.6) is 0 Å². The van der Waals surface area contributed by atoms with Gasteiger partial charge in [0.2, 0.25) is 5.91 Å². The van der Waals surface area contributed by atoms with E-state index in [4.69, 9.17) is 4.42 Å². The van der Waals surface area contributed by atoms with Crippen molar-refractivity contribution < 1.29 is 9.21 Å². The number of fused-ring (bicyclic) bond motifs is 2. The Morgan fingerprint density at radius 3 is 3.12 bits per heavy atom. The first-order valence-electron chi connectivity index (χ1n) is 7.65. The lowest BCUT2D eigenvalue weighted by atomic mass is 10.2. The smallest absolute Gasteiger partial charge is 0.408 e. The summed E-state index contributed by atoms with van der Waals surface area (Å²) < 4.78 is 6.46. The third kappa shape index (κ3) is 2.74. The van der Waals surface area contributed by atoms with Crippen molar-refractivity contribution in [3.63, 3.8) is 0 Å². The number of thiazole rings is 1. The second-order valence-corrected chi connectivity index (χ2v) is 6.93. The zero-order valence-electron chi connectivity index (χ0n) is 13.1. The number of carbonyl (C=O) groups excluding carboxylic acids is 1. The molecule has 0 saturated heterocycles. The monoisotopic (exact) mass is 344 g/mol. The van der Waals surface area contributed by atoms with Crippen molar-refractivity contribution in [2.24, 2.45) is 0 Å². The third-order valence-electron chi connectivity index (χ3n) is 4.04. The van der Waals surface area contributed by atoms with Crippen molar-refractivity contribution in [3.05, 3.63) is 45.4 Å². The van der Waals surface area contributed by atoms with Gasteiger partial charge < -0.3 is 14.6 Å². The number of rotatable bonds is 3. The number of carbonyl (C=O) groups is 1. The molecule has 0 unspecified atom stereocenters. The fraction of sp³-hybridized carbons (Fsp3) is 0.312. The van der Waals surface area contributed by atoms with Gasteiger partial charge in [-0.1, -0.05) is 12.1 Å². The van der Waals surface area contributed by atoms with Gasteiger partial charge in [-0.2, -0.15) is 0 Å². The number of amides is 1. The summed E-state index contributed by atoms with van der Waals surface area (Å²) in [4.78, 5) is 32.1. The molecule has 1 aromatic carbocycles. The number of oxazole rings is 1. The van der Waals surface area contributed by atoms with Crippen LogP contribution in [0.3, 0.4) is 0 Å². The van der Waals surface area contributed by atoms with E-state index in [0.717, 1.165) is 25.2 Å². The molecule has 0 fully saturated rings. The van der Waals surface area contributed by atoms with Crippen LogP contribution in [0.15, 0.2) is 33.5 Å². The fourth-order valence-electron chi connectivity index (χ4n) is 2.84. The summed E-state index contributed by atoms with van der Waals surface area (Å²) in [5.41, 5.74) is 2.14. The number of aromatic nitrogens is 2. The van der Waals surface area contributed by atoms with Crippen LogP contribution >= 0.6 is 11.3 Å². The van der Waals surface area contributed by atoms with E-state index in [1.807, 2.05) is 0 Å². The highest BCUT2D eigenvalue weighted by Gasteiger charge is 2.19. The topological polar surface area (TPSA) is 80.4 Å². The van der Waals surface area contributed by atoms with E-state index in [2.05, 4.69) is 22.2 Å². The van der Waals surface area contributed by atoms with E-state index in [0.29, 0.717) is 16.2 Å². The molecule has 3 heterocycles. The summed E-state index contributed by atoms with van der Waals surface area (Å²) in [6.07, 6.45) is 0.893. The Balaban J connectivity index is 1.53. The third-order valence-corrected chi connectivity index (χ3v) is 5.04. The lowest BCUT2D eigenvalue weighted by Gasteiger charge is -2.20. The Labute approximate surface area is 141 Å². The molecule has 0 saturated carbocycles. The van der Waals surface area contributed by atoms with Gasteiger partial charge in [-0.15, -0.1) is 11.3 Å². The number of para-hydroxylation sites is 2. The highest BCUT2D eigenvalue weighted by Crippen LogP contribution is 2.27. The zero-order valence-corrected chi connectivity index (χ0v) is 13.9. The van der Waals surface area contributed by atoms with Gasteiger partial charge in [0.15, 0.2) is 10.7 Å². The molecule has 0 bridgehead atoms. The van der Waals surface area contributed by atoms with Gasteiger partial charge in [0, 0.05) is 24.4 Å². The molecule has 0 spiro atoms. The second-order valence-electron chi connectivity index (χ2n) is 5.85. The largest absolute Gasteiger partial charge is 0.420 e. The summed E-state index contributed by atoms with van der Waals surface area (Å²) >= 11 is 1.49. The van der Waals surface area contributed by atoms with Crippen LogP contribution in [-0.2, 0) is 24.3 Å². The molecule has 2 aromatic heterocycles. The van der Waals surface area contributed by atoms with Crippen LogP contribution in [0.1, 0.15) is 10.6 Å². The number of benzene rings is 1. The Kier molecular flexibility index (Phi) is 3.70. The molecule has 0 atom stereocenters. The van der Waals surface area contributed by atoms with Gasteiger partial charge in [0.25, 0.3) is 0 Å². The van der Waals surface area contributed by atoms with Crippen molar-refractivity contribution in [2.75, 3.05) is 18.9 Å². The zero-order chi connectivity index (χ0) is 16.7. The molecule has 24 heavy (non-hydrogen) atoms. The molecule has 0 aliphatic carbocycles. The Morgan fingerprint density at radius 2 is 2.25 bits per heavy atom. The van der Waals surface area contributed by atoms with Crippen molar-refractivity contribution in [1.29, 1.82) is 0 Å². The SMILES string of the molecule is CN1CCc2nc(NC(=O)Cn3c(=O)oc4ccccc43)sc2C1. The van der Waals surface area contributed by atoms with Crippen molar-refractivity contribution in [3.8, 4) is 0 Å². The fourth-order valence-corrected chi connectivity index (χ4v) is 3.95. The van der Waals surface area contributed by atoms with Crippen molar-refractivity contribution in [2.45, 2.75) is 19.5 Å². The standard InChI is InChI=1S/C16H16N4O3S/c1-19-7-6-10-13(8-19)24-15(17-10)18-14(21)9-20-11-4-2-3-5-12(11)23-16(20)22/h2-5H,6-9H2,1H3,(H,17,18,21). The van der Waals surface area contributed by atoms with Crippen molar-refractivity contribution >= 4 is 33.5 Å². The number of anilines is 1. The minimum atomic E-state index is -0.536. The maximum atomic E-state index is 12.3. The Bertz CT molecular complexity index is 971. The molecule has 1 N–H and O–H groups in total. The Hall–Kier alpha value is -2.45. The summed E-state index contributed by atoms with van der Waals surface area (Å²) in [7, 11) is 2.07. The molecule has 0 radical (unpaired) electrons. The van der Waals surface area contributed by atoms with Crippen LogP contribution in [0, 0.1) is 0 Å². The van der Waals surface area contributed by atoms with E-state index < -0.39 is 5.76 Å². The lowest BCUT2D eigenvalue weighted by molar-refractivity contribution is -0.116. The second kappa shape index (κ2) is 5.88. The minimum Gasteiger partial charge on any atom is -0.408 e. The van der Waals surface area contributed by atoms with Gasteiger partial charge in [-0.3, -0.25) is 9.36 Å². The van der Waals surface area contributed by atoms with Crippen molar-refractivity contribution in [1.82, 2.24) is 14.5 Å². The van der Waals surface area contributed by atoms with Crippen LogP contribution < -0.4 is 11.1 Å². The lowest BCUT2D eigenvalue weighted by Crippen LogP contribution is -2.25. The molecule has 4 rings (SSSR count). The van der Waals surface area contributed by atoms with Gasteiger partial charge in [0.05, 0.1) is 11.2 Å². The highest BCUT2D eigenvalue weighted by atomic mass is 32.1. The van der Waals surface area contributed by atoms with Gasteiger partial charge in [-0.25, -0.2) is 9.78 Å². The molecular formula is C16H16N4O3S. The normalized spacial score (nSPS) is 14.7. The summed E-state index contributed by atoms with van der Waals surface area (Å²) in [5, 5.41) is 3.38. The molecule has 1 amide bonds. The first kappa shape index (κ1) is 15.1. The first-order chi connectivity index (χ1) is 11.6. The maximum absolute atomic E-state index is 12.3. The molecule has 8 heteroatoms. The highest BCUT2D eigenvalue weighted by molar-refractivity contribution is 7.15. The number of hydrogen-bond acceptors (Lipinski definition) is 6. The predicted octanol–water partition coefficient (Wildman–Crippen LogP) is 1.68. The molecule has 7 nitrogen and oxygen atoms in total. The van der Waals surface area contributed by atoms with E-state index in [9.17, 15) is 9.59 Å². The number of nitrogens with one attached hydrogen (secondary N) is 1. The molecular weight excluding hydrogens is 328 g/mol. The van der Waals surface area contributed by atoms with E-state index >= 15 is 0 Å². The van der Waals surface area contributed by atoms with Crippen LogP contribution in [0.4, 0.5) is 5.13 Å². The first-order valence-corrected chi connectivity index (χ1v) is 8.47. The van der Waals surface area contributed by atoms with E-state index in [1.54, 1.807) is 24.3 Å². The van der Waals surface area contributed by atoms with Gasteiger partial charge in [0.1, 0.15) is 6.54 Å². The molecule has 1 aliphatic heterocycles. The molecule has 3 aromatic rings. The van der Waals surface area contributed by atoms with Crippen LogP contribution in [-0.4, -0.2) is 34.0 Å². The Morgan fingerprint density at radius 1 is 1.42 bits per heavy atom. The quantitative estimate of drug-likeness (QED) is 0.782. The van der Waals surface area contributed by atoms with E-state index in [1.165, 1.54) is 20.8 Å². The number of nitrogens with zero attached hydrogens (tertiary/aromatic N) is 3. The van der Waals surface area contributed by atoms with Gasteiger partial charge in [-0.05, 0) is 19.2 Å². The average molecular weight is 344 g/mol. The number of hydrogen-bond donors (Lipinski definition) is 1. The van der Waals surface area contributed by atoms with Gasteiger partial charge >= 0.3 is 5.76 Å². The summed E-state index contributed by atoms with van der Waals surface area (Å²) in [5.74, 6) is -0.825. The van der Waals surface area contributed by atoms with E-state index in [-0.39, 0.29) is 12.5 Å². The predicted molar refractivity (Wildman–Crippen MR) is 91.3 cm³/mol. The summed E-state index contributed by atoms with van der Waals surface area (Å²) in [6.45, 7) is 1.73. The molecule has 1 aliphatic rings.